The molecule has 0 aromatic heterocycles. The zero-order valence-electron chi connectivity index (χ0n) is 10.6. The molecule has 0 saturated carbocycles. The van der Waals surface area contributed by atoms with Crippen LogP contribution in [0.15, 0.2) is 30.3 Å². The van der Waals surface area contributed by atoms with E-state index < -0.39 is 12.1 Å². The van der Waals surface area contributed by atoms with Crippen molar-refractivity contribution in [1.29, 1.82) is 0 Å². The number of aliphatic carboxylic acids is 1. The molecule has 0 amide bonds. The molecule has 1 aliphatic rings. The molecule has 1 aliphatic carbocycles. The van der Waals surface area contributed by atoms with Crippen LogP contribution in [0.1, 0.15) is 35.6 Å². The van der Waals surface area contributed by atoms with E-state index in [1.807, 2.05) is 18.2 Å². The van der Waals surface area contributed by atoms with Crippen molar-refractivity contribution in [3.05, 3.63) is 47.0 Å². The Morgan fingerprint density at radius 3 is 2.63 bits per heavy atom. The highest BCUT2D eigenvalue weighted by Crippen LogP contribution is 2.35. The number of hydrogen-bond donors (Lipinski definition) is 2. The summed E-state index contributed by atoms with van der Waals surface area (Å²) in [4.78, 5) is 10.6. The number of carboxylic acid groups (broad SMARTS) is 1. The van der Waals surface area contributed by atoms with Crippen LogP contribution in [0.5, 0.6) is 0 Å². The summed E-state index contributed by atoms with van der Waals surface area (Å²) in [6.07, 6.45) is 1.65. The van der Waals surface area contributed by atoms with Gasteiger partial charge in [-0.2, -0.15) is 0 Å². The lowest BCUT2D eigenvalue weighted by atomic mass is 9.95. The van der Waals surface area contributed by atoms with Gasteiger partial charge in [-0.1, -0.05) is 30.3 Å². The zero-order valence-corrected chi connectivity index (χ0v) is 10.6. The maximum atomic E-state index is 10.6. The Bertz CT molecular complexity index is 635. The second-order valence-corrected chi connectivity index (χ2v) is 5.10. The molecule has 0 bridgehead atoms. The molecular formula is C16H16O3. The molecule has 19 heavy (non-hydrogen) atoms. The molecule has 2 N–H and O–H groups in total. The Balaban J connectivity index is 2.03. The highest BCUT2D eigenvalue weighted by Gasteiger charge is 2.19. The predicted octanol–water partition coefficient (Wildman–Crippen LogP) is 2.84. The number of carbonyl (C=O) groups is 1. The SMILES string of the molecule is O=C(O)CC[C@H](O)c1ccc2c3c(cccc13)CC2. The molecule has 3 rings (SSSR count). The van der Waals surface area contributed by atoms with Crippen LogP contribution >= 0.6 is 0 Å². The number of aliphatic hydroxyl groups excluding tert-OH is 1. The molecule has 0 radical (unpaired) electrons. The van der Waals surface area contributed by atoms with Crippen LogP contribution in [0.3, 0.4) is 0 Å². The second-order valence-electron chi connectivity index (χ2n) is 5.10. The highest BCUT2D eigenvalue weighted by atomic mass is 16.4. The number of benzene rings is 2. The molecule has 0 spiro atoms. The number of hydrogen-bond acceptors (Lipinski definition) is 2. The molecule has 1 atom stereocenters. The Kier molecular flexibility index (Phi) is 2.99. The number of rotatable bonds is 4. The molecule has 3 heteroatoms. The van der Waals surface area contributed by atoms with Gasteiger partial charge < -0.3 is 10.2 Å². The minimum absolute atomic E-state index is 0.00982. The van der Waals surface area contributed by atoms with Crippen molar-refractivity contribution in [3.8, 4) is 0 Å². The normalized spacial score (nSPS) is 14.8. The third-order valence-electron chi connectivity index (χ3n) is 3.90. The lowest BCUT2D eigenvalue weighted by molar-refractivity contribution is -0.137. The Hall–Kier alpha value is -1.87. The summed E-state index contributed by atoms with van der Waals surface area (Å²) >= 11 is 0. The first-order valence-electron chi connectivity index (χ1n) is 6.60. The smallest absolute Gasteiger partial charge is 0.303 e. The topological polar surface area (TPSA) is 57.5 Å². The summed E-state index contributed by atoms with van der Waals surface area (Å²) < 4.78 is 0. The van der Waals surface area contributed by atoms with Crippen LogP contribution in [0.4, 0.5) is 0 Å². The van der Waals surface area contributed by atoms with Crippen LogP contribution in [0.25, 0.3) is 10.8 Å². The van der Waals surface area contributed by atoms with Gasteiger partial charge in [-0.3, -0.25) is 4.79 Å². The van der Waals surface area contributed by atoms with Gasteiger partial charge in [0.25, 0.3) is 0 Å². The first-order chi connectivity index (χ1) is 9.16. The maximum absolute atomic E-state index is 10.6. The molecule has 98 valence electrons. The van der Waals surface area contributed by atoms with Gasteiger partial charge in [0.15, 0.2) is 0 Å². The molecule has 0 saturated heterocycles. The van der Waals surface area contributed by atoms with Gasteiger partial charge in [-0.05, 0) is 46.7 Å². The Morgan fingerprint density at radius 1 is 1.16 bits per heavy atom. The summed E-state index contributed by atoms with van der Waals surface area (Å²) in [5.74, 6) is -0.870. The summed E-state index contributed by atoms with van der Waals surface area (Å²) in [6, 6.07) is 10.2. The number of aliphatic hydroxyl groups is 1. The fourth-order valence-corrected chi connectivity index (χ4v) is 2.98. The Labute approximate surface area is 111 Å². The average molecular weight is 256 g/mol. The van der Waals surface area contributed by atoms with Crippen molar-refractivity contribution in [2.24, 2.45) is 0 Å². The van der Waals surface area contributed by atoms with E-state index >= 15 is 0 Å². The number of carboxylic acids is 1. The van der Waals surface area contributed by atoms with E-state index in [-0.39, 0.29) is 12.8 Å². The predicted molar refractivity (Wildman–Crippen MR) is 73.2 cm³/mol. The fraction of sp³-hybridized carbons (Fsp3) is 0.312. The average Bonchev–Trinajstić information content (AvgIpc) is 2.82. The minimum atomic E-state index is -0.870. The standard InChI is InChI=1S/C16H16O3/c17-14(8-9-15(18)19)12-7-6-11-5-4-10-2-1-3-13(12)16(10)11/h1-3,6-7,14,17H,4-5,8-9H2,(H,18,19)/t14-/m0/s1. The fourth-order valence-electron chi connectivity index (χ4n) is 2.98. The second kappa shape index (κ2) is 4.67. The quantitative estimate of drug-likeness (QED) is 0.884. The zero-order chi connectivity index (χ0) is 13.4. The van der Waals surface area contributed by atoms with E-state index in [0.29, 0.717) is 0 Å². The van der Waals surface area contributed by atoms with E-state index in [0.717, 1.165) is 23.8 Å². The van der Waals surface area contributed by atoms with Crippen LogP contribution in [0, 0.1) is 0 Å². The monoisotopic (exact) mass is 256 g/mol. The van der Waals surface area contributed by atoms with Gasteiger partial charge >= 0.3 is 5.97 Å². The van der Waals surface area contributed by atoms with E-state index in [1.54, 1.807) is 0 Å². The van der Waals surface area contributed by atoms with Gasteiger partial charge in [-0.15, -0.1) is 0 Å². The van der Waals surface area contributed by atoms with Gasteiger partial charge in [0.05, 0.1) is 6.10 Å². The van der Waals surface area contributed by atoms with Gasteiger partial charge in [-0.25, -0.2) is 0 Å². The largest absolute Gasteiger partial charge is 0.481 e. The number of aryl methyl sites for hydroxylation is 2. The minimum Gasteiger partial charge on any atom is -0.481 e. The van der Waals surface area contributed by atoms with Crippen molar-refractivity contribution in [2.75, 3.05) is 0 Å². The van der Waals surface area contributed by atoms with Gasteiger partial charge in [0.2, 0.25) is 0 Å². The van der Waals surface area contributed by atoms with Crippen molar-refractivity contribution in [1.82, 2.24) is 0 Å². The summed E-state index contributed by atoms with van der Waals surface area (Å²) in [5, 5.41) is 21.2. The lowest BCUT2D eigenvalue weighted by Gasteiger charge is -2.14. The van der Waals surface area contributed by atoms with Crippen molar-refractivity contribution >= 4 is 16.7 Å². The molecule has 0 fully saturated rings. The van der Waals surface area contributed by atoms with E-state index in [1.165, 1.54) is 16.5 Å². The summed E-state index contributed by atoms with van der Waals surface area (Å²) in [6.45, 7) is 0. The first kappa shape index (κ1) is 12.2. The van der Waals surface area contributed by atoms with Crippen LogP contribution in [-0.2, 0) is 17.6 Å². The molecule has 0 heterocycles. The van der Waals surface area contributed by atoms with Gasteiger partial charge in [0, 0.05) is 6.42 Å². The summed E-state index contributed by atoms with van der Waals surface area (Å²) in [7, 11) is 0. The molecule has 0 aliphatic heterocycles. The van der Waals surface area contributed by atoms with Crippen LogP contribution < -0.4 is 0 Å². The van der Waals surface area contributed by atoms with Crippen LogP contribution in [0.2, 0.25) is 0 Å². The summed E-state index contributed by atoms with van der Waals surface area (Å²) in [5.41, 5.74) is 3.52. The van der Waals surface area contributed by atoms with E-state index in [4.69, 9.17) is 5.11 Å². The third kappa shape index (κ3) is 2.10. The third-order valence-corrected chi connectivity index (χ3v) is 3.90. The maximum Gasteiger partial charge on any atom is 0.303 e. The lowest BCUT2D eigenvalue weighted by Crippen LogP contribution is -2.03. The van der Waals surface area contributed by atoms with E-state index in [2.05, 4.69) is 12.1 Å². The molecule has 3 nitrogen and oxygen atoms in total. The van der Waals surface area contributed by atoms with Crippen molar-refractivity contribution in [2.45, 2.75) is 31.8 Å². The molecule has 0 unspecified atom stereocenters. The molecular weight excluding hydrogens is 240 g/mol. The van der Waals surface area contributed by atoms with Gasteiger partial charge in [0.1, 0.15) is 0 Å². The van der Waals surface area contributed by atoms with Crippen molar-refractivity contribution in [3.63, 3.8) is 0 Å². The first-order valence-corrected chi connectivity index (χ1v) is 6.60. The van der Waals surface area contributed by atoms with Crippen LogP contribution in [-0.4, -0.2) is 16.2 Å². The molecule has 2 aromatic carbocycles. The van der Waals surface area contributed by atoms with E-state index in [9.17, 15) is 9.90 Å². The Morgan fingerprint density at radius 2 is 1.89 bits per heavy atom. The highest BCUT2D eigenvalue weighted by molar-refractivity contribution is 5.93. The molecule has 2 aromatic rings. The van der Waals surface area contributed by atoms with Crippen molar-refractivity contribution < 1.29 is 15.0 Å².